The van der Waals surface area contributed by atoms with Gasteiger partial charge in [0.1, 0.15) is 0 Å². The summed E-state index contributed by atoms with van der Waals surface area (Å²) in [6.07, 6.45) is 8.28. The van der Waals surface area contributed by atoms with Crippen LogP contribution in [0.25, 0.3) is 0 Å². The molecular weight excluding hydrogens is 288 g/mol. The second kappa shape index (κ2) is 7.35. The Labute approximate surface area is 135 Å². The zero-order valence-corrected chi connectivity index (χ0v) is 12.7. The third-order valence-corrected chi connectivity index (χ3v) is 3.57. The van der Waals surface area contributed by atoms with Crippen LogP contribution in [0.3, 0.4) is 0 Å². The monoisotopic (exact) mass is 306 g/mol. The van der Waals surface area contributed by atoms with Crippen LogP contribution in [0.2, 0.25) is 0 Å². The minimum atomic E-state index is 0.00901. The second-order valence-corrected chi connectivity index (χ2v) is 5.26. The van der Waals surface area contributed by atoms with E-state index in [0.29, 0.717) is 19.4 Å². The number of rotatable bonds is 6. The number of carbonyl (C=O) groups excluding carboxylic acids is 1. The first-order valence-corrected chi connectivity index (χ1v) is 7.55. The van der Waals surface area contributed by atoms with Crippen molar-refractivity contribution in [3.8, 4) is 0 Å². The Bertz CT molecular complexity index is 754. The van der Waals surface area contributed by atoms with Gasteiger partial charge in [0, 0.05) is 36.9 Å². The molecule has 1 N–H and O–H groups in total. The molecule has 0 fully saturated rings. The predicted molar refractivity (Wildman–Crippen MR) is 89.0 cm³/mol. The van der Waals surface area contributed by atoms with Gasteiger partial charge in [0.2, 0.25) is 5.91 Å². The summed E-state index contributed by atoms with van der Waals surface area (Å²) in [5.41, 5.74) is 2.98. The van der Waals surface area contributed by atoms with E-state index in [1.807, 2.05) is 53.3 Å². The van der Waals surface area contributed by atoms with E-state index < -0.39 is 0 Å². The van der Waals surface area contributed by atoms with Gasteiger partial charge in [-0.1, -0.05) is 18.2 Å². The molecule has 2 aromatic heterocycles. The number of hydrogen-bond acceptors (Lipinski definition) is 3. The number of benzene rings is 1. The Morgan fingerprint density at radius 2 is 1.87 bits per heavy atom. The molecule has 5 heteroatoms. The molecule has 2 heterocycles. The smallest absolute Gasteiger partial charge is 0.224 e. The topological polar surface area (TPSA) is 59.8 Å². The van der Waals surface area contributed by atoms with Gasteiger partial charge in [-0.2, -0.15) is 5.10 Å². The van der Waals surface area contributed by atoms with E-state index in [0.717, 1.165) is 16.8 Å². The lowest BCUT2D eigenvalue weighted by Crippen LogP contribution is -2.14. The SMILES string of the molecule is O=C(CCc1ccncc1)Nc1ccccc1Cn1cccn1. The third-order valence-electron chi connectivity index (χ3n) is 3.57. The number of carbonyl (C=O) groups is 1. The van der Waals surface area contributed by atoms with Crippen LogP contribution in [0.15, 0.2) is 67.3 Å². The molecule has 0 unspecified atom stereocenters. The third kappa shape index (κ3) is 4.26. The van der Waals surface area contributed by atoms with Gasteiger partial charge in [0.25, 0.3) is 0 Å². The fourth-order valence-corrected chi connectivity index (χ4v) is 2.37. The largest absolute Gasteiger partial charge is 0.326 e. The number of aryl methyl sites for hydroxylation is 1. The number of hydrogen-bond donors (Lipinski definition) is 1. The van der Waals surface area contributed by atoms with Crippen molar-refractivity contribution in [1.29, 1.82) is 0 Å². The van der Waals surface area contributed by atoms with Crippen molar-refractivity contribution < 1.29 is 4.79 Å². The van der Waals surface area contributed by atoms with Crippen LogP contribution in [0, 0.1) is 0 Å². The molecule has 3 aromatic rings. The quantitative estimate of drug-likeness (QED) is 0.762. The van der Waals surface area contributed by atoms with Crippen LogP contribution in [-0.2, 0) is 17.8 Å². The number of nitrogens with one attached hydrogen (secondary N) is 1. The molecule has 0 spiro atoms. The zero-order chi connectivity index (χ0) is 15.9. The lowest BCUT2D eigenvalue weighted by molar-refractivity contribution is -0.116. The highest BCUT2D eigenvalue weighted by atomic mass is 16.1. The summed E-state index contributed by atoms with van der Waals surface area (Å²) in [4.78, 5) is 16.2. The molecule has 5 nitrogen and oxygen atoms in total. The molecule has 0 bridgehead atoms. The van der Waals surface area contributed by atoms with Crippen LogP contribution < -0.4 is 5.32 Å². The number of para-hydroxylation sites is 1. The lowest BCUT2D eigenvalue weighted by Gasteiger charge is -2.11. The maximum atomic E-state index is 12.2. The molecule has 0 saturated carbocycles. The van der Waals surface area contributed by atoms with Gasteiger partial charge in [-0.05, 0) is 41.8 Å². The zero-order valence-electron chi connectivity index (χ0n) is 12.7. The van der Waals surface area contributed by atoms with Gasteiger partial charge < -0.3 is 5.32 Å². The van der Waals surface area contributed by atoms with Gasteiger partial charge in [-0.3, -0.25) is 14.5 Å². The second-order valence-electron chi connectivity index (χ2n) is 5.26. The van der Waals surface area contributed by atoms with Crippen molar-refractivity contribution in [3.63, 3.8) is 0 Å². The van der Waals surface area contributed by atoms with Crippen molar-refractivity contribution in [2.24, 2.45) is 0 Å². The maximum Gasteiger partial charge on any atom is 0.224 e. The molecule has 0 aliphatic carbocycles. The van der Waals surface area contributed by atoms with Crippen LogP contribution in [-0.4, -0.2) is 20.7 Å². The minimum Gasteiger partial charge on any atom is -0.326 e. The molecule has 0 aliphatic rings. The fraction of sp³-hybridized carbons (Fsp3) is 0.167. The Balaban J connectivity index is 1.62. The molecule has 3 rings (SSSR count). The van der Waals surface area contributed by atoms with Crippen LogP contribution in [0.5, 0.6) is 0 Å². The molecule has 0 aliphatic heterocycles. The number of aromatic nitrogens is 3. The predicted octanol–water partition coefficient (Wildman–Crippen LogP) is 2.90. The summed E-state index contributed by atoms with van der Waals surface area (Å²) < 4.78 is 1.84. The first kappa shape index (κ1) is 15.0. The van der Waals surface area contributed by atoms with Gasteiger partial charge in [0.15, 0.2) is 0 Å². The van der Waals surface area contributed by atoms with E-state index in [2.05, 4.69) is 15.4 Å². The van der Waals surface area contributed by atoms with E-state index in [4.69, 9.17) is 0 Å². The molecule has 0 radical (unpaired) electrons. The Hall–Kier alpha value is -2.95. The van der Waals surface area contributed by atoms with Crippen molar-refractivity contribution in [2.45, 2.75) is 19.4 Å². The van der Waals surface area contributed by atoms with Gasteiger partial charge in [-0.15, -0.1) is 0 Å². The summed E-state index contributed by atoms with van der Waals surface area (Å²) in [6.45, 7) is 0.633. The summed E-state index contributed by atoms with van der Waals surface area (Å²) in [5, 5.41) is 7.20. The molecule has 116 valence electrons. The highest BCUT2D eigenvalue weighted by Crippen LogP contribution is 2.16. The molecule has 1 amide bonds. The molecule has 0 atom stereocenters. The number of pyridine rings is 1. The van der Waals surface area contributed by atoms with E-state index in [-0.39, 0.29) is 5.91 Å². The van der Waals surface area contributed by atoms with E-state index in [9.17, 15) is 4.79 Å². The Kier molecular flexibility index (Phi) is 4.79. The summed E-state index contributed by atoms with van der Waals surface area (Å²) >= 11 is 0. The molecular formula is C18H18N4O. The normalized spacial score (nSPS) is 10.4. The maximum absolute atomic E-state index is 12.2. The number of anilines is 1. The van der Waals surface area contributed by atoms with Crippen LogP contribution >= 0.6 is 0 Å². The first-order chi connectivity index (χ1) is 11.3. The Morgan fingerprint density at radius 1 is 1.04 bits per heavy atom. The van der Waals surface area contributed by atoms with Crippen LogP contribution in [0.1, 0.15) is 17.5 Å². The van der Waals surface area contributed by atoms with E-state index >= 15 is 0 Å². The van der Waals surface area contributed by atoms with Crippen molar-refractivity contribution in [2.75, 3.05) is 5.32 Å². The van der Waals surface area contributed by atoms with Gasteiger partial charge in [-0.25, -0.2) is 0 Å². The average molecular weight is 306 g/mol. The van der Waals surface area contributed by atoms with Crippen molar-refractivity contribution in [3.05, 3.63) is 78.4 Å². The minimum absolute atomic E-state index is 0.00901. The lowest BCUT2D eigenvalue weighted by atomic mass is 10.1. The standard InChI is InChI=1S/C18H18N4O/c23-18(7-6-15-8-11-19-12-9-15)21-17-5-2-1-4-16(17)14-22-13-3-10-20-22/h1-5,8-13H,6-7,14H2,(H,21,23). The van der Waals surface area contributed by atoms with Gasteiger partial charge >= 0.3 is 0 Å². The first-order valence-electron chi connectivity index (χ1n) is 7.55. The van der Waals surface area contributed by atoms with Crippen LogP contribution in [0.4, 0.5) is 5.69 Å². The number of amides is 1. The Morgan fingerprint density at radius 3 is 2.65 bits per heavy atom. The number of nitrogens with zero attached hydrogens (tertiary/aromatic N) is 3. The summed E-state index contributed by atoms with van der Waals surface area (Å²) in [6, 6.07) is 13.5. The van der Waals surface area contributed by atoms with Crippen molar-refractivity contribution >= 4 is 11.6 Å². The summed E-state index contributed by atoms with van der Waals surface area (Å²) in [5.74, 6) is 0.00901. The molecule has 1 aromatic carbocycles. The molecule has 23 heavy (non-hydrogen) atoms. The average Bonchev–Trinajstić information content (AvgIpc) is 3.09. The highest BCUT2D eigenvalue weighted by molar-refractivity contribution is 5.91. The van der Waals surface area contributed by atoms with Gasteiger partial charge in [0.05, 0.1) is 6.54 Å². The van der Waals surface area contributed by atoms with Crippen molar-refractivity contribution in [1.82, 2.24) is 14.8 Å². The summed E-state index contributed by atoms with van der Waals surface area (Å²) in [7, 11) is 0. The highest BCUT2D eigenvalue weighted by Gasteiger charge is 2.07. The molecule has 0 saturated heterocycles. The van der Waals surface area contributed by atoms with E-state index in [1.165, 1.54) is 0 Å². The fourth-order valence-electron chi connectivity index (χ4n) is 2.37. The van der Waals surface area contributed by atoms with E-state index in [1.54, 1.807) is 18.6 Å².